The highest BCUT2D eigenvalue weighted by atomic mass is 16.6. The third-order valence-corrected chi connectivity index (χ3v) is 10.2. The van der Waals surface area contributed by atoms with Gasteiger partial charge in [0.25, 0.3) is 5.78 Å². The number of carbonyl (C=O) groups is 3. The van der Waals surface area contributed by atoms with Crippen LogP contribution in [0, 0.1) is 5.92 Å². The molecule has 2 aliphatic heterocycles. The van der Waals surface area contributed by atoms with Gasteiger partial charge in [-0.25, -0.2) is 9.37 Å². The molecule has 4 aliphatic rings. The number of ketones is 1. The van der Waals surface area contributed by atoms with E-state index in [0.717, 1.165) is 29.5 Å². The van der Waals surface area contributed by atoms with Gasteiger partial charge in [-0.15, -0.1) is 0 Å². The first kappa shape index (κ1) is 34.9. The topological polar surface area (TPSA) is 90.1 Å². The standard InChI is InChI=1S/C40H52N3O6/c1-24-21-42(22-25(2)48-24)38(45)36(41(6)7)37(44)29-18-28-19-30(47-8)15-17-31(28)35-34(26-12-10-9-11-13-26)32-16-14-27(20-33(32)43(35)23-29)39(46)49-40(3,4)5/h14-20,24-26,28,31H,9-13,21-23H2,1-8H3/q+1. The predicted octanol–water partition coefficient (Wildman–Crippen LogP) is 6.30. The predicted molar refractivity (Wildman–Crippen MR) is 190 cm³/mol. The Balaban J connectivity index is 1.52. The quantitative estimate of drug-likeness (QED) is 0.155. The average molecular weight is 671 g/mol. The monoisotopic (exact) mass is 670 g/mol. The van der Waals surface area contributed by atoms with Crippen molar-refractivity contribution in [1.29, 1.82) is 0 Å². The Morgan fingerprint density at radius 2 is 1.67 bits per heavy atom. The van der Waals surface area contributed by atoms with Crippen LogP contribution in [-0.4, -0.2) is 89.5 Å². The summed E-state index contributed by atoms with van der Waals surface area (Å²) in [5, 5.41) is 1.11. The van der Waals surface area contributed by atoms with Crippen LogP contribution in [0.3, 0.4) is 0 Å². The Kier molecular flexibility index (Phi) is 9.77. The molecule has 3 heterocycles. The minimum Gasteiger partial charge on any atom is -0.497 e. The molecule has 4 unspecified atom stereocenters. The summed E-state index contributed by atoms with van der Waals surface area (Å²) in [6.07, 6.45) is 13.9. The Morgan fingerprint density at radius 1 is 0.980 bits per heavy atom. The van der Waals surface area contributed by atoms with E-state index in [4.69, 9.17) is 14.2 Å². The molecule has 0 radical (unpaired) electrons. The lowest BCUT2D eigenvalue weighted by atomic mass is 9.77. The maximum atomic E-state index is 14.8. The molecule has 1 amide bonds. The van der Waals surface area contributed by atoms with Crippen molar-refractivity contribution in [2.24, 2.45) is 5.92 Å². The molecular formula is C40H52N3O6+. The van der Waals surface area contributed by atoms with Gasteiger partial charge in [0.1, 0.15) is 25.5 Å². The largest absolute Gasteiger partial charge is 0.497 e. The molecule has 9 heteroatoms. The number of methoxy groups -OCH3 is 1. The molecule has 1 saturated heterocycles. The number of aromatic nitrogens is 1. The van der Waals surface area contributed by atoms with Crippen molar-refractivity contribution in [2.45, 2.75) is 103 Å². The number of benzene rings is 1. The van der Waals surface area contributed by atoms with Crippen molar-refractivity contribution < 1.29 is 33.2 Å². The minimum atomic E-state index is -0.635. The highest BCUT2D eigenvalue weighted by molar-refractivity contribution is 6.66. The maximum absolute atomic E-state index is 14.8. The van der Waals surface area contributed by atoms with E-state index < -0.39 is 5.60 Å². The van der Waals surface area contributed by atoms with E-state index in [2.05, 4.69) is 22.8 Å². The van der Waals surface area contributed by atoms with Crippen LogP contribution in [0.1, 0.15) is 100 Å². The fourth-order valence-electron chi connectivity index (χ4n) is 8.19. The second-order valence-corrected chi connectivity index (χ2v) is 15.4. The molecule has 2 aromatic rings. The number of esters is 1. The van der Waals surface area contributed by atoms with Crippen LogP contribution in [0.2, 0.25) is 0 Å². The zero-order chi connectivity index (χ0) is 35.2. The number of carbonyl (C=O) groups excluding carboxylic acids is 3. The maximum Gasteiger partial charge on any atom is 0.338 e. The first-order valence-corrected chi connectivity index (χ1v) is 17.8. The van der Waals surface area contributed by atoms with E-state index in [0.29, 0.717) is 30.1 Å². The first-order chi connectivity index (χ1) is 23.3. The van der Waals surface area contributed by atoms with Crippen LogP contribution in [0.5, 0.6) is 0 Å². The lowest BCUT2D eigenvalue weighted by Crippen LogP contribution is -2.53. The number of rotatable bonds is 6. The Labute approximate surface area is 290 Å². The van der Waals surface area contributed by atoms with Crippen LogP contribution in [-0.2, 0) is 30.3 Å². The van der Waals surface area contributed by atoms with E-state index in [1.54, 1.807) is 30.7 Å². The van der Waals surface area contributed by atoms with Gasteiger partial charge in [-0.3, -0.25) is 9.59 Å². The lowest BCUT2D eigenvalue weighted by Gasteiger charge is -2.34. The third kappa shape index (κ3) is 7.05. The molecule has 262 valence electrons. The van der Waals surface area contributed by atoms with Crippen molar-refractivity contribution in [3.63, 3.8) is 0 Å². The molecule has 0 N–H and O–H groups in total. The summed E-state index contributed by atoms with van der Waals surface area (Å²) >= 11 is 0. The number of morpholine rings is 1. The van der Waals surface area contributed by atoms with Gasteiger partial charge in [-0.2, -0.15) is 0 Å². The molecule has 4 atom stereocenters. The molecule has 1 saturated carbocycles. The first-order valence-electron chi connectivity index (χ1n) is 17.8. The summed E-state index contributed by atoms with van der Waals surface area (Å²) in [7, 11) is 5.18. The summed E-state index contributed by atoms with van der Waals surface area (Å²) in [5.41, 5.74) is 3.90. The van der Waals surface area contributed by atoms with Gasteiger partial charge >= 0.3 is 17.6 Å². The number of hydrogen-bond donors (Lipinski definition) is 0. The summed E-state index contributed by atoms with van der Waals surface area (Å²) in [6.45, 7) is 10.6. The Morgan fingerprint density at radius 3 is 2.31 bits per heavy atom. The lowest BCUT2D eigenvalue weighted by molar-refractivity contribution is -0.462. The summed E-state index contributed by atoms with van der Waals surface area (Å²) in [6, 6.07) is 5.89. The molecule has 0 spiro atoms. The fraction of sp³-hybridized carbons (Fsp3) is 0.550. The van der Waals surface area contributed by atoms with E-state index in [9.17, 15) is 14.4 Å². The fourth-order valence-corrected chi connectivity index (χ4v) is 8.19. The highest BCUT2D eigenvalue weighted by Gasteiger charge is 2.41. The Hall–Kier alpha value is -3.98. The number of ether oxygens (including phenoxy) is 3. The molecule has 2 fully saturated rings. The van der Waals surface area contributed by atoms with E-state index in [1.807, 2.05) is 58.9 Å². The van der Waals surface area contributed by atoms with Gasteiger partial charge in [0.15, 0.2) is 0 Å². The van der Waals surface area contributed by atoms with Crippen LogP contribution in [0.4, 0.5) is 0 Å². The molecular weight excluding hydrogens is 618 g/mol. The third-order valence-electron chi connectivity index (χ3n) is 10.2. The second kappa shape index (κ2) is 13.7. The van der Waals surface area contributed by atoms with Crippen LogP contribution < -0.4 is 0 Å². The average Bonchev–Trinajstić information content (AvgIpc) is 3.25. The Bertz CT molecular complexity index is 1770. The number of hydrogen-bond acceptors (Lipinski definition) is 6. The smallest absolute Gasteiger partial charge is 0.338 e. The summed E-state index contributed by atoms with van der Waals surface area (Å²) in [4.78, 5) is 44.0. The molecule has 9 nitrogen and oxygen atoms in total. The van der Waals surface area contributed by atoms with Crippen molar-refractivity contribution in [3.05, 3.63) is 70.7 Å². The van der Waals surface area contributed by atoms with Crippen LogP contribution in [0.25, 0.3) is 10.9 Å². The number of allylic oxidation sites excluding steroid dienone is 5. The van der Waals surface area contributed by atoms with Crippen molar-refractivity contribution in [3.8, 4) is 0 Å². The van der Waals surface area contributed by atoms with E-state index in [-0.39, 0.29) is 54.0 Å². The summed E-state index contributed by atoms with van der Waals surface area (Å²) < 4.78 is 21.3. The molecule has 49 heavy (non-hydrogen) atoms. The normalized spacial score (nSPS) is 24.3. The number of fused-ring (bicyclic) bond motifs is 5. The molecule has 1 aromatic carbocycles. The highest BCUT2D eigenvalue weighted by Crippen LogP contribution is 2.48. The van der Waals surface area contributed by atoms with Gasteiger partial charge in [-0.05, 0) is 83.2 Å². The van der Waals surface area contributed by atoms with Gasteiger partial charge < -0.3 is 23.7 Å². The van der Waals surface area contributed by atoms with Crippen molar-refractivity contribution in [1.82, 2.24) is 9.47 Å². The number of Topliss-reactive ketones (excluding diaryl/α,β-unsaturated/α-hetero) is 1. The van der Waals surface area contributed by atoms with Gasteiger partial charge in [0.05, 0.1) is 31.4 Å². The molecule has 6 rings (SSSR count). The van der Waals surface area contributed by atoms with E-state index >= 15 is 0 Å². The van der Waals surface area contributed by atoms with Crippen LogP contribution >= 0.6 is 0 Å². The molecule has 0 bridgehead atoms. The second-order valence-electron chi connectivity index (χ2n) is 15.4. The van der Waals surface area contributed by atoms with Gasteiger partial charge in [0, 0.05) is 47.1 Å². The van der Waals surface area contributed by atoms with E-state index in [1.165, 1.54) is 30.5 Å². The zero-order valence-corrected chi connectivity index (χ0v) is 30.4. The molecule has 1 aromatic heterocycles. The zero-order valence-electron chi connectivity index (χ0n) is 30.4. The van der Waals surface area contributed by atoms with Crippen molar-refractivity contribution in [2.75, 3.05) is 34.3 Å². The number of amides is 1. The van der Waals surface area contributed by atoms with Gasteiger partial charge in [-0.1, -0.05) is 37.5 Å². The summed E-state index contributed by atoms with van der Waals surface area (Å²) in [5.74, 6) is -0.0745. The SMILES string of the molecule is COC1=CC2C=C(C(=O)C(C(=O)N3CC(C)OC(C)C3)=[N+](C)C)Cn3c(c(C4CCCCC4)c4ccc(C(=O)OC(C)(C)C)cc43)C2C=C1. The molecule has 2 aliphatic carbocycles. The van der Waals surface area contributed by atoms with Crippen molar-refractivity contribution >= 4 is 34.3 Å². The van der Waals surface area contributed by atoms with Gasteiger partial charge in [0.2, 0.25) is 0 Å². The minimum absolute atomic E-state index is 0.0575. The number of nitrogens with zero attached hydrogens (tertiary/aromatic N) is 3. The van der Waals surface area contributed by atoms with Crippen LogP contribution in [0.15, 0.2) is 53.8 Å².